The standard InChI is InChI=1S/C15H19FN4O/c1-10-17-11(2)20(18-10)14-7-19(8-14)9-15(21)12-4-3-5-13(16)6-12/h3-6,14-15,21H,7-9H2,1-2H3. The smallest absolute Gasteiger partial charge is 0.147 e. The Balaban J connectivity index is 1.56. The molecule has 3 rings (SSSR count). The molecule has 6 heteroatoms. The lowest BCUT2D eigenvalue weighted by Gasteiger charge is -2.40. The van der Waals surface area contributed by atoms with Gasteiger partial charge in [-0.2, -0.15) is 5.10 Å². The molecule has 0 bridgehead atoms. The fourth-order valence-electron chi connectivity index (χ4n) is 2.79. The van der Waals surface area contributed by atoms with Gasteiger partial charge in [0.05, 0.1) is 12.1 Å². The van der Waals surface area contributed by atoms with E-state index in [9.17, 15) is 9.50 Å². The fraction of sp³-hybridized carbons (Fsp3) is 0.467. The van der Waals surface area contributed by atoms with Crippen molar-refractivity contribution in [2.75, 3.05) is 19.6 Å². The van der Waals surface area contributed by atoms with Crippen molar-refractivity contribution < 1.29 is 9.50 Å². The molecule has 1 saturated heterocycles. The monoisotopic (exact) mass is 290 g/mol. The van der Waals surface area contributed by atoms with E-state index in [1.165, 1.54) is 12.1 Å². The minimum Gasteiger partial charge on any atom is -0.387 e. The van der Waals surface area contributed by atoms with E-state index < -0.39 is 6.10 Å². The molecule has 1 aliphatic heterocycles. The summed E-state index contributed by atoms with van der Waals surface area (Å²) in [5, 5.41) is 14.5. The first kappa shape index (κ1) is 14.2. The van der Waals surface area contributed by atoms with Crippen molar-refractivity contribution >= 4 is 0 Å². The number of aryl methyl sites for hydroxylation is 2. The number of hydrogen-bond donors (Lipinski definition) is 1. The molecule has 2 aromatic rings. The number of likely N-dealkylation sites (tertiary alicyclic amines) is 1. The highest BCUT2D eigenvalue weighted by Crippen LogP contribution is 2.25. The summed E-state index contributed by atoms with van der Waals surface area (Å²) in [6.07, 6.45) is -0.666. The van der Waals surface area contributed by atoms with Gasteiger partial charge in [0.15, 0.2) is 0 Å². The van der Waals surface area contributed by atoms with E-state index in [0.717, 1.165) is 24.7 Å². The Morgan fingerprint density at radius 3 is 2.76 bits per heavy atom. The second-order valence-electron chi connectivity index (χ2n) is 5.59. The number of rotatable bonds is 4. The Labute approximate surface area is 123 Å². The zero-order valence-electron chi connectivity index (χ0n) is 12.2. The van der Waals surface area contributed by atoms with Gasteiger partial charge in [-0.1, -0.05) is 12.1 Å². The molecule has 0 spiro atoms. The first-order chi connectivity index (χ1) is 10.0. The third-order valence-electron chi connectivity index (χ3n) is 3.86. The predicted octanol–water partition coefficient (Wildman–Crippen LogP) is 1.62. The van der Waals surface area contributed by atoms with Gasteiger partial charge < -0.3 is 5.11 Å². The maximum atomic E-state index is 13.1. The van der Waals surface area contributed by atoms with Crippen LogP contribution in [-0.4, -0.2) is 44.4 Å². The van der Waals surface area contributed by atoms with Crippen LogP contribution in [0.2, 0.25) is 0 Å². The summed E-state index contributed by atoms with van der Waals surface area (Å²) >= 11 is 0. The molecular weight excluding hydrogens is 271 g/mol. The van der Waals surface area contributed by atoms with Crippen molar-refractivity contribution in [3.63, 3.8) is 0 Å². The molecule has 1 aromatic carbocycles. The number of halogens is 1. The SMILES string of the molecule is Cc1nc(C)n(C2CN(CC(O)c3cccc(F)c3)C2)n1. The number of benzene rings is 1. The van der Waals surface area contributed by atoms with E-state index in [-0.39, 0.29) is 5.82 Å². The molecule has 1 aliphatic rings. The zero-order chi connectivity index (χ0) is 15.0. The van der Waals surface area contributed by atoms with Crippen LogP contribution in [-0.2, 0) is 0 Å². The van der Waals surface area contributed by atoms with Crippen LogP contribution in [0.1, 0.15) is 29.4 Å². The Kier molecular flexibility index (Phi) is 3.73. The van der Waals surface area contributed by atoms with Crippen molar-refractivity contribution in [2.24, 2.45) is 0 Å². The quantitative estimate of drug-likeness (QED) is 0.930. The van der Waals surface area contributed by atoms with Crippen molar-refractivity contribution in [3.8, 4) is 0 Å². The first-order valence-electron chi connectivity index (χ1n) is 7.08. The molecule has 0 amide bonds. The van der Waals surface area contributed by atoms with Gasteiger partial charge in [0, 0.05) is 19.6 Å². The number of aromatic nitrogens is 3. The van der Waals surface area contributed by atoms with E-state index in [4.69, 9.17) is 0 Å². The van der Waals surface area contributed by atoms with E-state index in [1.807, 2.05) is 18.5 Å². The second-order valence-corrected chi connectivity index (χ2v) is 5.59. The van der Waals surface area contributed by atoms with Gasteiger partial charge in [-0.3, -0.25) is 4.90 Å². The average molecular weight is 290 g/mol. The van der Waals surface area contributed by atoms with Crippen molar-refractivity contribution in [1.82, 2.24) is 19.7 Å². The van der Waals surface area contributed by atoms with Crippen LogP contribution in [0, 0.1) is 19.7 Å². The van der Waals surface area contributed by atoms with Crippen LogP contribution in [0.25, 0.3) is 0 Å². The second kappa shape index (κ2) is 5.54. The molecule has 1 aromatic heterocycles. The lowest BCUT2D eigenvalue weighted by Crippen LogP contribution is -2.49. The highest BCUT2D eigenvalue weighted by Gasteiger charge is 2.31. The number of hydrogen-bond acceptors (Lipinski definition) is 4. The molecule has 0 saturated carbocycles. The lowest BCUT2D eigenvalue weighted by atomic mass is 10.0. The fourth-order valence-corrected chi connectivity index (χ4v) is 2.79. The van der Waals surface area contributed by atoms with Gasteiger partial charge in [0.25, 0.3) is 0 Å². The minimum absolute atomic E-state index is 0.311. The van der Waals surface area contributed by atoms with Crippen LogP contribution in [0.15, 0.2) is 24.3 Å². The highest BCUT2D eigenvalue weighted by atomic mass is 19.1. The molecule has 0 aliphatic carbocycles. The van der Waals surface area contributed by atoms with Crippen LogP contribution in [0.3, 0.4) is 0 Å². The van der Waals surface area contributed by atoms with Gasteiger partial charge in [0.1, 0.15) is 17.5 Å². The number of aliphatic hydroxyl groups is 1. The molecule has 1 atom stereocenters. The van der Waals surface area contributed by atoms with Crippen molar-refractivity contribution in [1.29, 1.82) is 0 Å². The maximum absolute atomic E-state index is 13.1. The van der Waals surface area contributed by atoms with Crippen LogP contribution in [0.5, 0.6) is 0 Å². The van der Waals surface area contributed by atoms with Crippen LogP contribution >= 0.6 is 0 Å². The third-order valence-corrected chi connectivity index (χ3v) is 3.86. The van der Waals surface area contributed by atoms with E-state index in [1.54, 1.807) is 12.1 Å². The average Bonchev–Trinajstić information content (AvgIpc) is 2.72. The van der Waals surface area contributed by atoms with Crippen molar-refractivity contribution in [3.05, 3.63) is 47.3 Å². The summed E-state index contributed by atoms with van der Waals surface area (Å²) < 4.78 is 15.1. The summed E-state index contributed by atoms with van der Waals surface area (Å²) in [5.41, 5.74) is 0.617. The summed E-state index contributed by atoms with van der Waals surface area (Å²) in [5.74, 6) is 1.38. The first-order valence-corrected chi connectivity index (χ1v) is 7.08. The molecule has 1 fully saturated rings. The Bertz CT molecular complexity index is 636. The molecular formula is C15H19FN4O. The molecule has 1 unspecified atom stereocenters. The topological polar surface area (TPSA) is 54.2 Å². The Hall–Kier alpha value is -1.79. The van der Waals surface area contributed by atoms with Gasteiger partial charge in [0.2, 0.25) is 0 Å². The third kappa shape index (κ3) is 2.96. The maximum Gasteiger partial charge on any atom is 0.147 e. The molecule has 0 radical (unpaired) electrons. The summed E-state index contributed by atoms with van der Waals surface area (Å²) in [7, 11) is 0. The van der Waals surface area contributed by atoms with Crippen LogP contribution in [0.4, 0.5) is 4.39 Å². The minimum atomic E-state index is -0.666. The lowest BCUT2D eigenvalue weighted by molar-refractivity contribution is 0.0391. The number of β-amino-alcohol motifs (C(OH)–C–C–N with tert-alkyl or cyclic N) is 1. The zero-order valence-corrected chi connectivity index (χ0v) is 12.2. The number of nitrogens with zero attached hydrogens (tertiary/aromatic N) is 4. The molecule has 2 heterocycles. The number of aliphatic hydroxyl groups excluding tert-OH is 1. The molecule has 112 valence electrons. The predicted molar refractivity (Wildman–Crippen MR) is 76.3 cm³/mol. The van der Waals surface area contributed by atoms with Gasteiger partial charge >= 0.3 is 0 Å². The summed E-state index contributed by atoms with van der Waals surface area (Å²) in [6.45, 7) is 6.00. The van der Waals surface area contributed by atoms with Gasteiger partial charge in [-0.15, -0.1) is 0 Å². The highest BCUT2D eigenvalue weighted by molar-refractivity contribution is 5.19. The van der Waals surface area contributed by atoms with Crippen molar-refractivity contribution in [2.45, 2.75) is 26.0 Å². The van der Waals surface area contributed by atoms with Gasteiger partial charge in [-0.25, -0.2) is 14.1 Å². The molecule has 5 nitrogen and oxygen atoms in total. The Morgan fingerprint density at radius 1 is 1.38 bits per heavy atom. The van der Waals surface area contributed by atoms with Crippen LogP contribution < -0.4 is 0 Å². The normalized spacial score (nSPS) is 17.7. The molecule has 21 heavy (non-hydrogen) atoms. The molecule has 1 N–H and O–H groups in total. The van der Waals surface area contributed by atoms with E-state index in [0.29, 0.717) is 18.2 Å². The Morgan fingerprint density at radius 2 is 2.14 bits per heavy atom. The van der Waals surface area contributed by atoms with Gasteiger partial charge in [-0.05, 0) is 31.5 Å². The summed E-state index contributed by atoms with van der Waals surface area (Å²) in [6, 6.07) is 6.44. The summed E-state index contributed by atoms with van der Waals surface area (Å²) in [4.78, 5) is 6.44. The van der Waals surface area contributed by atoms with E-state index >= 15 is 0 Å². The largest absolute Gasteiger partial charge is 0.387 e. The van der Waals surface area contributed by atoms with E-state index in [2.05, 4.69) is 15.0 Å².